The minimum atomic E-state index is -3.91. The molecule has 1 saturated heterocycles. The molecule has 1 fully saturated rings. The molecule has 0 bridgehead atoms. The fourth-order valence-electron chi connectivity index (χ4n) is 3.51. The van der Waals surface area contributed by atoms with Crippen LogP contribution in [-0.4, -0.2) is 38.0 Å². The Labute approximate surface area is 169 Å². The predicted octanol–water partition coefficient (Wildman–Crippen LogP) is 2.43. The molecule has 0 spiro atoms. The van der Waals surface area contributed by atoms with Crippen LogP contribution in [0.4, 0.5) is 0 Å². The van der Waals surface area contributed by atoms with E-state index in [0.29, 0.717) is 13.0 Å². The van der Waals surface area contributed by atoms with E-state index in [-0.39, 0.29) is 35.1 Å². The maximum atomic E-state index is 13.0. The number of hydrogen-bond acceptors (Lipinski definition) is 4. The van der Waals surface area contributed by atoms with Crippen LogP contribution >= 0.6 is 0 Å². The summed E-state index contributed by atoms with van der Waals surface area (Å²) in [7, 11) is -3.91. The molecule has 1 aliphatic heterocycles. The minimum absolute atomic E-state index is 0.0962. The van der Waals surface area contributed by atoms with Gasteiger partial charge in [-0.25, -0.2) is 17.9 Å². The summed E-state index contributed by atoms with van der Waals surface area (Å²) in [6, 6.07) is 11.5. The predicted molar refractivity (Wildman–Crippen MR) is 110 cm³/mol. The molecule has 0 unspecified atom stereocenters. The molecule has 2 aromatic rings. The molecule has 154 valence electrons. The first-order valence-corrected chi connectivity index (χ1v) is 11.0. The number of amides is 1. The number of carbonyl (C=O) groups excluding carboxylic acids is 1. The van der Waals surface area contributed by atoms with E-state index < -0.39 is 22.0 Å². The zero-order chi connectivity index (χ0) is 21.0. The van der Waals surface area contributed by atoms with Crippen LogP contribution in [-0.2, 0) is 19.6 Å². The van der Waals surface area contributed by atoms with E-state index in [9.17, 15) is 23.1 Å². The Bertz CT molecular complexity index is 1060. The lowest BCUT2D eigenvalue weighted by Crippen LogP contribution is -2.36. The molecule has 1 amide bonds. The second-order valence-corrected chi connectivity index (χ2v) is 8.81. The normalized spacial score (nSPS) is 18.6. The van der Waals surface area contributed by atoms with Gasteiger partial charge in [-0.15, -0.1) is 0 Å². The van der Waals surface area contributed by atoms with Crippen molar-refractivity contribution in [2.75, 3.05) is 6.54 Å². The van der Waals surface area contributed by atoms with Gasteiger partial charge in [0, 0.05) is 24.1 Å². The number of aliphatic carboxylic acids is 1. The number of rotatable bonds is 8. The Morgan fingerprint density at radius 3 is 2.62 bits per heavy atom. The smallest absolute Gasteiger partial charge is 0.331 e. The van der Waals surface area contributed by atoms with Gasteiger partial charge in [0.25, 0.3) is 0 Å². The highest BCUT2D eigenvalue weighted by Crippen LogP contribution is 2.22. The van der Waals surface area contributed by atoms with Gasteiger partial charge in [0.05, 0.1) is 4.90 Å². The standard InChI is InChI=1S/C21H24N2O5S/c1-2-14(21(25)26)11-18(12-17-9-10-22-20(17)24)23-29(27,28)19-8-7-15-5-3-4-6-16(15)13-19/h3-8,11,13,17-18,23H,2,9-10,12H2,1H3,(H,22,24)(H,25,26)/t17-,18+/m0/s1. The Kier molecular flexibility index (Phi) is 6.34. The third-order valence-electron chi connectivity index (χ3n) is 5.10. The van der Waals surface area contributed by atoms with Gasteiger partial charge in [0.15, 0.2) is 0 Å². The third-order valence-corrected chi connectivity index (χ3v) is 6.58. The van der Waals surface area contributed by atoms with E-state index in [1.54, 1.807) is 19.1 Å². The van der Waals surface area contributed by atoms with E-state index in [1.165, 1.54) is 12.1 Å². The summed E-state index contributed by atoms with van der Waals surface area (Å²) in [6.45, 7) is 2.23. The second-order valence-electron chi connectivity index (χ2n) is 7.10. The maximum absolute atomic E-state index is 13.0. The van der Waals surface area contributed by atoms with Crippen LogP contribution < -0.4 is 10.0 Å². The Hall–Kier alpha value is -2.71. The van der Waals surface area contributed by atoms with Crippen molar-refractivity contribution in [3.8, 4) is 0 Å². The molecule has 3 N–H and O–H groups in total. The Morgan fingerprint density at radius 1 is 1.28 bits per heavy atom. The van der Waals surface area contributed by atoms with E-state index in [0.717, 1.165) is 10.8 Å². The molecule has 0 aromatic heterocycles. The summed E-state index contributed by atoms with van der Waals surface area (Å²) in [5.74, 6) is -1.59. The molecule has 7 nitrogen and oxygen atoms in total. The second kappa shape index (κ2) is 8.75. The number of carbonyl (C=O) groups is 2. The van der Waals surface area contributed by atoms with E-state index in [2.05, 4.69) is 10.0 Å². The third kappa shape index (κ3) is 5.02. The van der Waals surface area contributed by atoms with Gasteiger partial charge < -0.3 is 10.4 Å². The van der Waals surface area contributed by atoms with E-state index >= 15 is 0 Å². The highest BCUT2D eigenvalue weighted by atomic mass is 32.2. The lowest BCUT2D eigenvalue weighted by molar-refractivity contribution is -0.132. The van der Waals surface area contributed by atoms with Gasteiger partial charge in [0.1, 0.15) is 0 Å². The number of carboxylic acids is 1. The van der Waals surface area contributed by atoms with Crippen molar-refractivity contribution in [3.05, 3.63) is 54.1 Å². The first kappa shape index (κ1) is 21.0. The Balaban J connectivity index is 1.91. The molecule has 8 heteroatoms. The molecule has 3 rings (SSSR count). The van der Waals surface area contributed by atoms with Gasteiger partial charge in [-0.1, -0.05) is 43.3 Å². The summed E-state index contributed by atoms with van der Waals surface area (Å²) in [5, 5.41) is 13.8. The van der Waals surface area contributed by atoms with Gasteiger partial charge in [0.2, 0.25) is 15.9 Å². The molecule has 2 aromatic carbocycles. The topological polar surface area (TPSA) is 113 Å². The fraction of sp³-hybridized carbons (Fsp3) is 0.333. The summed E-state index contributed by atoms with van der Waals surface area (Å²) in [4.78, 5) is 23.5. The van der Waals surface area contributed by atoms with Crippen molar-refractivity contribution in [2.45, 2.75) is 37.1 Å². The van der Waals surface area contributed by atoms with Crippen molar-refractivity contribution < 1.29 is 23.1 Å². The van der Waals surface area contributed by atoms with E-state index in [1.807, 2.05) is 24.3 Å². The average molecular weight is 416 g/mol. The van der Waals surface area contributed by atoms with Crippen molar-refractivity contribution in [2.24, 2.45) is 5.92 Å². The van der Waals surface area contributed by atoms with Crippen molar-refractivity contribution in [1.29, 1.82) is 0 Å². The number of hydrogen-bond donors (Lipinski definition) is 3. The van der Waals surface area contributed by atoms with Gasteiger partial charge in [-0.2, -0.15) is 0 Å². The van der Waals surface area contributed by atoms with Crippen molar-refractivity contribution in [3.63, 3.8) is 0 Å². The lowest BCUT2D eigenvalue weighted by atomic mass is 9.97. The van der Waals surface area contributed by atoms with Crippen molar-refractivity contribution >= 4 is 32.7 Å². The molecule has 0 saturated carbocycles. The summed E-state index contributed by atoms with van der Waals surface area (Å²) in [6.07, 6.45) is 2.46. The van der Waals surface area contributed by atoms with Crippen LogP contribution in [0.3, 0.4) is 0 Å². The van der Waals surface area contributed by atoms with Gasteiger partial charge in [-0.05, 0) is 42.2 Å². The lowest BCUT2D eigenvalue weighted by Gasteiger charge is -2.19. The molecule has 1 heterocycles. The highest BCUT2D eigenvalue weighted by Gasteiger charge is 2.29. The molecule has 29 heavy (non-hydrogen) atoms. The number of sulfonamides is 1. The summed E-state index contributed by atoms with van der Waals surface area (Å²) >= 11 is 0. The molecular formula is C21H24N2O5S. The number of fused-ring (bicyclic) bond motifs is 1. The average Bonchev–Trinajstić information content (AvgIpc) is 3.09. The largest absolute Gasteiger partial charge is 0.478 e. The molecule has 2 atom stereocenters. The van der Waals surface area contributed by atoms with E-state index in [4.69, 9.17) is 0 Å². The maximum Gasteiger partial charge on any atom is 0.331 e. The van der Waals surface area contributed by atoms with Crippen LogP contribution in [0, 0.1) is 5.92 Å². The monoisotopic (exact) mass is 416 g/mol. The Morgan fingerprint density at radius 2 is 2.00 bits per heavy atom. The SMILES string of the molecule is CCC(=C[C@H](C[C@@H]1CCNC1=O)NS(=O)(=O)c1ccc2ccccc2c1)C(=O)O. The minimum Gasteiger partial charge on any atom is -0.478 e. The number of carboxylic acid groups (broad SMARTS) is 1. The summed E-state index contributed by atoms with van der Waals surface area (Å²) in [5.41, 5.74) is 0.106. The first-order chi connectivity index (χ1) is 13.8. The van der Waals surface area contributed by atoms with Gasteiger partial charge >= 0.3 is 5.97 Å². The van der Waals surface area contributed by atoms with Crippen LogP contribution in [0.25, 0.3) is 10.8 Å². The van der Waals surface area contributed by atoms with Gasteiger partial charge in [-0.3, -0.25) is 4.79 Å². The number of nitrogens with one attached hydrogen (secondary N) is 2. The summed E-state index contributed by atoms with van der Waals surface area (Å²) < 4.78 is 28.6. The zero-order valence-corrected chi connectivity index (χ0v) is 16.9. The van der Waals surface area contributed by atoms with Crippen LogP contribution in [0.2, 0.25) is 0 Å². The number of benzene rings is 2. The quantitative estimate of drug-likeness (QED) is 0.572. The molecule has 0 aliphatic carbocycles. The fourth-order valence-corrected chi connectivity index (χ4v) is 4.74. The first-order valence-electron chi connectivity index (χ1n) is 9.53. The van der Waals surface area contributed by atoms with Crippen molar-refractivity contribution in [1.82, 2.24) is 10.0 Å². The molecular weight excluding hydrogens is 392 g/mol. The highest BCUT2D eigenvalue weighted by molar-refractivity contribution is 7.89. The molecule has 0 radical (unpaired) electrons. The van der Waals surface area contributed by atoms with Crippen LogP contribution in [0.5, 0.6) is 0 Å². The zero-order valence-electron chi connectivity index (χ0n) is 16.1. The van der Waals surface area contributed by atoms with Crippen LogP contribution in [0.15, 0.2) is 59.0 Å². The molecule has 1 aliphatic rings. The van der Waals surface area contributed by atoms with Crippen LogP contribution in [0.1, 0.15) is 26.2 Å².